The van der Waals surface area contributed by atoms with Crippen LogP contribution in [0.3, 0.4) is 0 Å². The zero-order chi connectivity index (χ0) is 9.84. The lowest BCUT2D eigenvalue weighted by atomic mass is 10.1. The highest BCUT2D eigenvalue weighted by Crippen LogP contribution is 2.25. The van der Waals surface area contributed by atoms with Gasteiger partial charge in [0, 0.05) is 6.04 Å². The van der Waals surface area contributed by atoms with Gasteiger partial charge in [0.25, 0.3) is 0 Å². The molecule has 0 aliphatic carbocycles. The van der Waals surface area contributed by atoms with Gasteiger partial charge in [0.2, 0.25) is 0 Å². The van der Waals surface area contributed by atoms with Crippen molar-refractivity contribution in [1.82, 2.24) is 0 Å². The average Bonchev–Trinajstić information content (AvgIpc) is 2.10. The minimum absolute atomic E-state index is 0. The van der Waals surface area contributed by atoms with E-state index in [9.17, 15) is 4.39 Å². The van der Waals surface area contributed by atoms with E-state index in [0.717, 1.165) is 5.56 Å². The van der Waals surface area contributed by atoms with Crippen LogP contribution in [0.1, 0.15) is 18.0 Å². The lowest BCUT2D eigenvalue weighted by Gasteiger charge is -2.10. The first-order valence-electron chi connectivity index (χ1n) is 3.91. The summed E-state index contributed by atoms with van der Waals surface area (Å²) in [5, 5.41) is 0.936. The molecule has 1 aromatic carbocycles. The maximum atomic E-state index is 12.0. The number of halogens is 4. The molecule has 1 nitrogen and oxygen atoms in total. The molecule has 1 atom stereocenters. The molecule has 0 spiro atoms. The van der Waals surface area contributed by atoms with Crippen LogP contribution in [0.25, 0.3) is 0 Å². The van der Waals surface area contributed by atoms with Crippen LogP contribution in [-0.4, -0.2) is 6.67 Å². The summed E-state index contributed by atoms with van der Waals surface area (Å²) in [6.45, 7) is -0.429. The van der Waals surface area contributed by atoms with E-state index in [1.54, 1.807) is 18.2 Å². The summed E-state index contributed by atoms with van der Waals surface area (Å²) in [5.74, 6) is 0. The zero-order valence-electron chi connectivity index (χ0n) is 7.34. The third kappa shape index (κ3) is 3.62. The monoisotopic (exact) mass is 257 g/mol. The second-order valence-corrected chi connectivity index (χ2v) is 3.57. The van der Waals surface area contributed by atoms with Crippen molar-refractivity contribution in [2.45, 2.75) is 12.5 Å². The molecule has 5 heteroatoms. The Labute approximate surface area is 98.8 Å². The predicted octanol–water partition coefficient (Wildman–Crippen LogP) is 3.77. The van der Waals surface area contributed by atoms with Crippen molar-refractivity contribution in [3.05, 3.63) is 33.8 Å². The van der Waals surface area contributed by atoms with Crippen LogP contribution in [0.4, 0.5) is 4.39 Å². The lowest BCUT2D eigenvalue weighted by Crippen LogP contribution is -2.10. The van der Waals surface area contributed by atoms with E-state index >= 15 is 0 Å². The van der Waals surface area contributed by atoms with Gasteiger partial charge < -0.3 is 5.73 Å². The summed E-state index contributed by atoms with van der Waals surface area (Å²) in [6, 6.07) is 4.79. The Hall–Kier alpha value is -0.0200. The Balaban J connectivity index is 0.00000169. The van der Waals surface area contributed by atoms with Gasteiger partial charge in [-0.25, -0.2) is 0 Å². The Morgan fingerprint density at radius 1 is 1.29 bits per heavy atom. The topological polar surface area (TPSA) is 26.0 Å². The standard InChI is InChI=1S/C9H10Cl2FN.ClH/c10-7-2-1-6(5-8(7)11)9(13)3-4-12;/h1-2,5,9H,3-4,13H2;1H/t9-;/m1./s1. The van der Waals surface area contributed by atoms with Crippen molar-refractivity contribution < 1.29 is 4.39 Å². The SMILES string of the molecule is Cl.N[C@H](CCF)c1ccc(Cl)c(Cl)c1. The molecule has 80 valence electrons. The van der Waals surface area contributed by atoms with Crippen LogP contribution in [0.15, 0.2) is 18.2 Å². The molecule has 0 bridgehead atoms. The molecule has 0 aromatic heterocycles. The minimum Gasteiger partial charge on any atom is -0.324 e. The largest absolute Gasteiger partial charge is 0.324 e. The van der Waals surface area contributed by atoms with Crippen LogP contribution in [-0.2, 0) is 0 Å². The number of alkyl halides is 1. The highest BCUT2D eigenvalue weighted by Gasteiger charge is 2.07. The van der Waals surface area contributed by atoms with Gasteiger partial charge in [-0.2, -0.15) is 0 Å². The van der Waals surface area contributed by atoms with E-state index in [2.05, 4.69) is 0 Å². The summed E-state index contributed by atoms with van der Waals surface area (Å²) in [4.78, 5) is 0. The van der Waals surface area contributed by atoms with Crippen molar-refractivity contribution in [3.8, 4) is 0 Å². The highest BCUT2D eigenvalue weighted by molar-refractivity contribution is 6.42. The van der Waals surface area contributed by atoms with Gasteiger partial charge in [-0.05, 0) is 24.1 Å². The molecule has 0 radical (unpaired) electrons. The number of rotatable bonds is 3. The third-order valence-electron chi connectivity index (χ3n) is 1.79. The first-order valence-corrected chi connectivity index (χ1v) is 4.67. The first-order chi connectivity index (χ1) is 6.15. The fourth-order valence-electron chi connectivity index (χ4n) is 1.03. The van der Waals surface area contributed by atoms with E-state index in [4.69, 9.17) is 28.9 Å². The van der Waals surface area contributed by atoms with Crippen molar-refractivity contribution in [3.63, 3.8) is 0 Å². The highest BCUT2D eigenvalue weighted by atomic mass is 35.5. The van der Waals surface area contributed by atoms with Crippen molar-refractivity contribution in [1.29, 1.82) is 0 Å². The molecule has 14 heavy (non-hydrogen) atoms. The molecule has 0 aliphatic rings. The van der Waals surface area contributed by atoms with Crippen LogP contribution >= 0.6 is 35.6 Å². The molecule has 0 saturated heterocycles. The maximum absolute atomic E-state index is 12.0. The average molecular weight is 259 g/mol. The first kappa shape index (κ1) is 14.0. The molecular formula is C9H11Cl3FN. The molecule has 0 heterocycles. The van der Waals surface area contributed by atoms with E-state index in [1.165, 1.54) is 0 Å². The summed E-state index contributed by atoms with van der Waals surface area (Å²) in [5.41, 5.74) is 6.49. The summed E-state index contributed by atoms with van der Waals surface area (Å²) in [7, 11) is 0. The molecule has 0 fully saturated rings. The van der Waals surface area contributed by atoms with Crippen LogP contribution < -0.4 is 5.73 Å². The lowest BCUT2D eigenvalue weighted by molar-refractivity contribution is 0.442. The summed E-state index contributed by atoms with van der Waals surface area (Å²) in [6.07, 6.45) is 0.304. The molecule has 1 rings (SSSR count). The molecule has 2 N–H and O–H groups in total. The van der Waals surface area contributed by atoms with Crippen molar-refractivity contribution >= 4 is 35.6 Å². The van der Waals surface area contributed by atoms with Gasteiger partial charge in [-0.15, -0.1) is 12.4 Å². The smallest absolute Gasteiger partial charge is 0.0912 e. The Kier molecular flexibility index (Phi) is 6.45. The van der Waals surface area contributed by atoms with E-state index in [0.29, 0.717) is 16.5 Å². The normalized spacial score (nSPS) is 12.0. The van der Waals surface area contributed by atoms with Crippen LogP contribution in [0.5, 0.6) is 0 Å². The summed E-state index contributed by atoms with van der Waals surface area (Å²) < 4.78 is 12.0. The zero-order valence-corrected chi connectivity index (χ0v) is 9.67. The Morgan fingerprint density at radius 3 is 2.43 bits per heavy atom. The molecule has 0 unspecified atom stereocenters. The molecular weight excluding hydrogens is 247 g/mol. The minimum atomic E-state index is -0.429. The van der Waals surface area contributed by atoms with Crippen molar-refractivity contribution in [2.24, 2.45) is 5.73 Å². The van der Waals surface area contributed by atoms with E-state index < -0.39 is 6.67 Å². The van der Waals surface area contributed by atoms with E-state index in [1.807, 2.05) is 0 Å². The Morgan fingerprint density at radius 2 is 1.93 bits per heavy atom. The van der Waals surface area contributed by atoms with Crippen LogP contribution in [0, 0.1) is 0 Å². The Bertz CT molecular complexity index is 293. The number of benzene rings is 1. The second kappa shape index (κ2) is 6.46. The van der Waals surface area contributed by atoms with Crippen LogP contribution in [0.2, 0.25) is 10.0 Å². The maximum Gasteiger partial charge on any atom is 0.0912 e. The molecule has 0 amide bonds. The summed E-state index contributed by atoms with van der Waals surface area (Å²) >= 11 is 11.5. The molecule has 1 aromatic rings. The van der Waals surface area contributed by atoms with Gasteiger partial charge >= 0.3 is 0 Å². The second-order valence-electron chi connectivity index (χ2n) is 2.76. The number of hydrogen-bond acceptors (Lipinski definition) is 1. The number of hydrogen-bond donors (Lipinski definition) is 1. The predicted molar refractivity (Wildman–Crippen MR) is 61.2 cm³/mol. The fourth-order valence-corrected chi connectivity index (χ4v) is 1.33. The van der Waals surface area contributed by atoms with Gasteiger partial charge in [0.1, 0.15) is 0 Å². The van der Waals surface area contributed by atoms with E-state index in [-0.39, 0.29) is 18.4 Å². The van der Waals surface area contributed by atoms with Gasteiger partial charge in [-0.1, -0.05) is 29.3 Å². The quantitative estimate of drug-likeness (QED) is 0.877. The van der Waals surface area contributed by atoms with Gasteiger partial charge in [-0.3, -0.25) is 4.39 Å². The van der Waals surface area contributed by atoms with Gasteiger partial charge in [0.05, 0.1) is 16.7 Å². The fraction of sp³-hybridized carbons (Fsp3) is 0.333. The molecule has 0 aliphatic heterocycles. The van der Waals surface area contributed by atoms with Crippen molar-refractivity contribution in [2.75, 3.05) is 6.67 Å². The third-order valence-corrected chi connectivity index (χ3v) is 2.53. The van der Waals surface area contributed by atoms with Gasteiger partial charge in [0.15, 0.2) is 0 Å². The molecule has 0 saturated carbocycles. The number of nitrogens with two attached hydrogens (primary N) is 1.